The lowest BCUT2D eigenvalue weighted by atomic mass is 10.4. The van der Waals surface area contributed by atoms with Crippen LogP contribution in [0.2, 0.25) is 0 Å². The largest absolute Gasteiger partial charge is 0.441 e. The molecule has 0 aliphatic heterocycles. The molecule has 0 radical (unpaired) electrons. The van der Waals surface area contributed by atoms with Gasteiger partial charge in [-0.2, -0.15) is 0 Å². The van der Waals surface area contributed by atoms with Crippen LogP contribution in [0.3, 0.4) is 0 Å². The lowest BCUT2D eigenvalue weighted by Crippen LogP contribution is -2.17. The Morgan fingerprint density at radius 2 is 2.22 bits per heavy atom. The maximum absolute atomic E-state index is 10.3. The Morgan fingerprint density at radius 3 is 2.56 bits per heavy atom. The lowest BCUT2D eigenvalue weighted by Gasteiger charge is -1.93. The zero-order valence-corrected chi connectivity index (χ0v) is 4.79. The molecule has 0 spiro atoms. The van der Waals surface area contributed by atoms with Crippen molar-refractivity contribution in [3.63, 3.8) is 0 Å². The van der Waals surface area contributed by atoms with Crippen LogP contribution in [0.5, 0.6) is 0 Å². The number of carbonyl (C=O) groups excluding carboxylic acids is 2. The highest BCUT2D eigenvalue weighted by molar-refractivity contribution is 5.91. The van der Waals surface area contributed by atoms with Gasteiger partial charge in [0.05, 0.1) is 0 Å². The van der Waals surface area contributed by atoms with Crippen LogP contribution in [-0.4, -0.2) is 18.5 Å². The summed E-state index contributed by atoms with van der Waals surface area (Å²) < 4.78 is 4.11. The average Bonchev–Trinajstić information content (AvgIpc) is 1.83. The van der Waals surface area contributed by atoms with Gasteiger partial charge in [-0.05, 0) is 6.08 Å². The van der Waals surface area contributed by atoms with Crippen molar-refractivity contribution in [2.75, 3.05) is 6.61 Å². The van der Waals surface area contributed by atoms with Crippen LogP contribution in [-0.2, 0) is 9.53 Å². The first kappa shape index (κ1) is 7.68. The molecule has 0 aliphatic rings. The van der Waals surface area contributed by atoms with Gasteiger partial charge in [0.1, 0.15) is 0 Å². The normalized spacial score (nSPS) is 8.00. The zero-order valence-electron chi connectivity index (χ0n) is 4.79. The zero-order chi connectivity index (χ0) is 7.28. The van der Waals surface area contributed by atoms with Gasteiger partial charge in [0.2, 0.25) is 0 Å². The molecular formula is C5H7NO3. The van der Waals surface area contributed by atoms with Gasteiger partial charge in [0.15, 0.2) is 12.4 Å². The van der Waals surface area contributed by atoms with Gasteiger partial charge in [0, 0.05) is 0 Å². The van der Waals surface area contributed by atoms with Crippen molar-refractivity contribution in [3.8, 4) is 0 Å². The quantitative estimate of drug-likeness (QED) is 0.538. The Morgan fingerprint density at radius 1 is 1.67 bits per heavy atom. The molecule has 50 valence electrons. The van der Waals surface area contributed by atoms with E-state index in [0.717, 1.165) is 6.08 Å². The van der Waals surface area contributed by atoms with Crippen molar-refractivity contribution in [1.29, 1.82) is 0 Å². The van der Waals surface area contributed by atoms with Crippen molar-refractivity contribution >= 4 is 11.9 Å². The molecule has 0 aromatic heterocycles. The number of ketones is 1. The maximum atomic E-state index is 10.3. The molecule has 0 aromatic carbocycles. The second-order valence-electron chi connectivity index (χ2n) is 1.28. The molecule has 0 unspecified atom stereocenters. The first-order chi connectivity index (χ1) is 4.16. The monoisotopic (exact) mass is 129 g/mol. The summed E-state index contributed by atoms with van der Waals surface area (Å²) in [6.45, 7) is 2.84. The van der Waals surface area contributed by atoms with E-state index in [0.29, 0.717) is 0 Å². The van der Waals surface area contributed by atoms with Crippen LogP contribution in [0.15, 0.2) is 12.7 Å². The average molecular weight is 129 g/mol. The molecule has 0 saturated heterocycles. The molecule has 9 heavy (non-hydrogen) atoms. The predicted molar refractivity (Wildman–Crippen MR) is 30.7 cm³/mol. The highest BCUT2D eigenvalue weighted by Crippen LogP contribution is 1.76. The van der Waals surface area contributed by atoms with Crippen LogP contribution in [0, 0.1) is 0 Å². The number of hydrogen-bond donors (Lipinski definition) is 1. The van der Waals surface area contributed by atoms with Crippen LogP contribution in [0.25, 0.3) is 0 Å². The summed E-state index contributed by atoms with van der Waals surface area (Å²) in [4.78, 5) is 20.1. The minimum atomic E-state index is -0.954. The molecule has 0 aromatic rings. The van der Waals surface area contributed by atoms with E-state index < -0.39 is 6.09 Å². The Kier molecular flexibility index (Phi) is 3.12. The van der Waals surface area contributed by atoms with Crippen LogP contribution >= 0.6 is 0 Å². The Labute approximate surface area is 52.3 Å². The highest BCUT2D eigenvalue weighted by Gasteiger charge is 1.97. The molecule has 0 atom stereocenters. The third kappa shape index (κ3) is 4.53. The van der Waals surface area contributed by atoms with Crippen LogP contribution < -0.4 is 5.73 Å². The van der Waals surface area contributed by atoms with Gasteiger partial charge < -0.3 is 10.5 Å². The molecular weight excluding hydrogens is 122 g/mol. The van der Waals surface area contributed by atoms with Gasteiger partial charge in [-0.1, -0.05) is 6.58 Å². The fourth-order valence-electron chi connectivity index (χ4n) is 0.201. The number of ether oxygens (including phenoxy) is 1. The van der Waals surface area contributed by atoms with Crippen molar-refractivity contribution < 1.29 is 14.3 Å². The molecule has 2 N–H and O–H groups in total. The predicted octanol–water partition coefficient (Wildman–Crippen LogP) is -0.163. The van der Waals surface area contributed by atoms with E-state index in [-0.39, 0.29) is 12.4 Å². The summed E-state index contributed by atoms with van der Waals surface area (Å²) in [5.74, 6) is -0.367. The minimum absolute atomic E-state index is 0.321. The van der Waals surface area contributed by atoms with Gasteiger partial charge in [-0.3, -0.25) is 4.79 Å². The van der Waals surface area contributed by atoms with Crippen LogP contribution in [0.1, 0.15) is 0 Å². The third-order valence-corrected chi connectivity index (χ3v) is 0.584. The molecule has 0 saturated carbocycles. The summed E-state index contributed by atoms with van der Waals surface area (Å²) >= 11 is 0. The summed E-state index contributed by atoms with van der Waals surface area (Å²) in [5, 5.41) is 0. The Hall–Kier alpha value is -1.32. The second kappa shape index (κ2) is 3.65. The van der Waals surface area contributed by atoms with Crippen molar-refractivity contribution in [1.82, 2.24) is 0 Å². The number of carbonyl (C=O) groups is 2. The van der Waals surface area contributed by atoms with Gasteiger partial charge in [-0.15, -0.1) is 0 Å². The summed E-state index contributed by atoms with van der Waals surface area (Å²) in [5.41, 5.74) is 4.55. The van der Waals surface area contributed by atoms with Gasteiger partial charge in [-0.25, -0.2) is 4.79 Å². The fourth-order valence-corrected chi connectivity index (χ4v) is 0.201. The number of nitrogens with two attached hydrogens (primary N) is 1. The van der Waals surface area contributed by atoms with Crippen molar-refractivity contribution in [3.05, 3.63) is 12.7 Å². The summed E-state index contributed by atoms with van der Waals surface area (Å²) in [6, 6.07) is 0. The first-order valence-corrected chi connectivity index (χ1v) is 2.24. The molecule has 4 heteroatoms. The minimum Gasteiger partial charge on any atom is -0.441 e. The van der Waals surface area contributed by atoms with Gasteiger partial charge in [0.25, 0.3) is 0 Å². The number of primary amides is 1. The molecule has 0 fully saturated rings. The van der Waals surface area contributed by atoms with E-state index in [1.165, 1.54) is 0 Å². The number of hydrogen-bond acceptors (Lipinski definition) is 3. The lowest BCUT2D eigenvalue weighted by molar-refractivity contribution is -0.117. The van der Waals surface area contributed by atoms with Gasteiger partial charge >= 0.3 is 6.09 Å². The Balaban J connectivity index is 3.39. The van der Waals surface area contributed by atoms with E-state index in [1.807, 2.05) is 0 Å². The SMILES string of the molecule is C=CC(=O)COC(N)=O. The first-order valence-electron chi connectivity index (χ1n) is 2.24. The third-order valence-electron chi connectivity index (χ3n) is 0.584. The van der Waals surface area contributed by atoms with Crippen molar-refractivity contribution in [2.24, 2.45) is 5.73 Å². The molecule has 1 amide bonds. The molecule has 0 aliphatic carbocycles. The maximum Gasteiger partial charge on any atom is 0.404 e. The second-order valence-corrected chi connectivity index (χ2v) is 1.28. The fraction of sp³-hybridized carbons (Fsp3) is 0.200. The van der Waals surface area contributed by atoms with E-state index in [2.05, 4.69) is 17.0 Å². The van der Waals surface area contributed by atoms with E-state index >= 15 is 0 Å². The molecule has 0 heterocycles. The standard InChI is InChI=1S/C5H7NO3/c1-2-4(7)3-9-5(6)8/h2H,1,3H2,(H2,6,8). The smallest absolute Gasteiger partial charge is 0.404 e. The number of rotatable bonds is 3. The van der Waals surface area contributed by atoms with Crippen molar-refractivity contribution in [2.45, 2.75) is 0 Å². The molecule has 4 nitrogen and oxygen atoms in total. The Bertz CT molecular complexity index is 141. The summed E-state index contributed by atoms with van der Waals surface area (Å²) in [6.07, 6.45) is 0.105. The van der Waals surface area contributed by atoms with E-state index in [9.17, 15) is 9.59 Å². The van der Waals surface area contributed by atoms with E-state index in [4.69, 9.17) is 0 Å². The van der Waals surface area contributed by atoms with Crippen LogP contribution in [0.4, 0.5) is 4.79 Å². The molecule has 0 rings (SSSR count). The summed E-state index contributed by atoms with van der Waals surface area (Å²) in [7, 11) is 0. The highest BCUT2D eigenvalue weighted by atomic mass is 16.5. The van der Waals surface area contributed by atoms with E-state index in [1.54, 1.807) is 0 Å². The number of amides is 1. The molecule has 0 bridgehead atoms. The topological polar surface area (TPSA) is 69.4 Å².